The van der Waals surface area contributed by atoms with Crippen molar-refractivity contribution in [2.24, 2.45) is 0 Å². The van der Waals surface area contributed by atoms with Crippen LogP contribution in [0.4, 0.5) is 5.95 Å². The highest BCUT2D eigenvalue weighted by molar-refractivity contribution is 5.49. The zero-order chi connectivity index (χ0) is 13.2. The van der Waals surface area contributed by atoms with Crippen molar-refractivity contribution in [3.05, 3.63) is 47.3 Å². The number of fused-ring (bicyclic) bond motifs is 1. The van der Waals surface area contributed by atoms with E-state index in [4.69, 9.17) is 4.74 Å². The molecule has 0 bridgehead atoms. The van der Waals surface area contributed by atoms with Crippen LogP contribution in [0.5, 0.6) is 5.75 Å². The molecule has 0 aliphatic carbocycles. The van der Waals surface area contributed by atoms with Gasteiger partial charge in [-0.1, -0.05) is 13.0 Å². The van der Waals surface area contributed by atoms with Crippen LogP contribution in [0.15, 0.2) is 30.6 Å². The lowest BCUT2D eigenvalue weighted by atomic mass is 10.0. The van der Waals surface area contributed by atoms with Crippen LogP contribution in [0.1, 0.15) is 23.6 Å². The Kier molecular flexibility index (Phi) is 3.07. The van der Waals surface area contributed by atoms with Crippen LogP contribution in [0.2, 0.25) is 0 Å². The van der Waals surface area contributed by atoms with E-state index in [1.807, 2.05) is 6.07 Å². The maximum atomic E-state index is 5.45. The molecule has 1 aliphatic heterocycles. The number of hydrogen-bond acceptors (Lipinski definition) is 4. The van der Waals surface area contributed by atoms with Gasteiger partial charge in [0.1, 0.15) is 5.75 Å². The number of rotatable bonds is 3. The molecule has 0 amide bonds. The second-order valence-corrected chi connectivity index (χ2v) is 4.69. The van der Waals surface area contributed by atoms with E-state index < -0.39 is 0 Å². The third kappa shape index (κ3) is 2.14. The molecule has 2 aromatic rings. The second kappa shape index (κ2) is 4.88. The third-order valence-electron chi connectivity index (χ3n) is 3.54. The fourth-order valence-electron chi connectivity index (χ4n) is 2.54. The van der Waals surface area contributed by atoms with Gasteiger partial charge in [-0.25, -0.2) is 9.97 Å². The minimum Gasteiger partial charge on any atom is -0.496 e. The number of anilines is 1. The summed E-state index contributed by atoms with van der Waals surface area (Å²) in [4.78, 5) is 10.8. The summed E-state index contributed by atoms with van der Waals surface area (Å²) < 4.78 is 5.45. The van der Waals surface area contributed by atoms with Crippen LogP contribution in [0, 0.1) is 0 Å². The smallest absolute Gasteiger partial charge is 0.225 e. The van der Waals surface area contributed by atoms with Gasteiger partial charge in [-0.15, -0.1) is 0 Å². The Morgan fingerprint density at radius 1 is 1.16 bits per heavy atom. The van der Waals surface area contributed by atoms with Crippen LogP contribution in [0.3, 0.4) is 0 Å². The average molecular weight is 255 g/mol. The third-order valence-corrected chi connectivity index (χ3v) is 3.54. The van der Waals surface area contributed by atoms with Gasteiger partial charge in [-0.3, -0.25) is 0 Å². The number of aromatic nitrogens is 2. The fraction of sp³-hybridized carbons (Fsp3) is 0.333. The molecule has 0 radical (unpaired) electrons. The summed E-state index contributed by atoms with van der Waals surface area (Å²) in [6.45, 7) is 3.87. The van der Waals surface area contributed by atoms with Crippen LogP contribution >= 0.6 is 0 Å². The molecule has 0 atom stereocenters. The molecule has 19 heavy (non-hydrogen) atoms. The second-order valence-electron chi connectivity index (χ2n) is 4.69. The lowest BCUT2D eigenvalue weighted by Gasteiger charge is -2.13. The van der Waals surface area contributed by atoms with Gasteiger partial charge in [-0.05, 0) is 35.2 Å². The molecule has 0 saturated heterocycles. The number of ether oxygens (including phenoxy) is 1. The number of hydrogen-bond donors (Lipinski definition) is 0. The Morgan fingerprint density at radius 3 is 2.47 bits per heavy atom. The molecule has 1 aromatic carbocycles. The van der Waals surface area contributed by atoms with E-state index in [9.17, 15) is 0 Å². The van der Waals surface area contributed by atoms with E-state index in [1.54, 1.807) is 19.5 Å². The van der Waals surface area contributed by atoms with Crippen molar-refractivity contribution in [2.75, 3.05) is 12.0 Å². The maximum Gasteiger partial charge on any atom is 0.225 e. The summed E-state index contributed by atoms with van der Waals surface area (Å²) >= 11 is 0. The summed E-state index contributed by atoms with van der Waals surface area (Å²) in [7, 11) is 1.73. The highest BCUT2D eigenvalue weighted by Gasteiger charge is 2.22. The number of benzene rings is 1. The van der Waals surface area contributed by atoms with Crippen molar-refractivity contribution >= 4 is 5.95 Å². The van der Waals surface area contributed by atoms with Gasteiger partial charge in [0.2, 0.25) is 5.95 Å². The number of nitrogens with zero attached hydrogens (tertiary/aromatic N) is 3. The normalized spacial score (nSPS) is 13.5. The molecule has 3 rings (SSSR count). The Balaban J connectivity index is 1.92. The molecule has 1 aliphatic rings. The molecular weight excluding hydrogens is 238 g/mol. The van der Waals surface area contributed by atoms with Crippen LogP contribution < -0.4 is 9.64 Å². The molecule has 0 unspecified atom stereocenters. The first-order valence-electron chi connectivity index (χ1n) is 6.52. The molecule has 0 N–H and O–H groups in total. The average Bonchev–Trinajstić information content (AvgIpc) is 2.89. The van der Waals surface area contributed by atoms with Gasteiger partial charge in [-0.2, -0.15) is 0 Å². The quantitative estimate of drug-likeness (QED) is 0.845. The van der Waals surface area contributed by atoms with E-state index in [0.29, 0.717) is 0 Å². The number of methoxy groups -OCH3 is 1. The van der Waals surface area contributed by atoms with Gasteiger partial charge < -0.3 is 9.64 Å². The van der Waals surface area contributed by atoms with E-state index in [-0.39, 0.29) is 0 Å². The van der Waals surface area contributed by atoms with E-state index in [1.165, 1.54) is 16.7 Å². The maximum absolute atomic E-state index is 5.45. The van der Waals surface area contributed by atoms with Crippen molar-refractivity contribution in [1.82, 2.24) is 9.97 Å². The van der Waals surface area contributed by atoms with Crippen LogP contribution in [-0.4, -0.2) is 17.1 Å². The van der Waals surface area contributed by atoms with Crippen molar-refractivity contribution in [3.63, 3.8) is 0 Å². The van der Waals surface area contributed by atoms with Gasteiger partial charge in [0.05, 0.1) is 7.11 Å². The molecule has 98 valence electrons. The Hall–Kier alpha value is -2.10. The van der Waals surface area contributed by atoms with E-state index in [2.05, 4.69) is 33.9 Å². The van der Waals surface area contributed by atoms with E-state index >= 15 is 0 Å². The summed E-state index contributed by atoms with van der Waals surface area (Å²) in [5, 5.41) is 0. The molecule has 0 fully saturated rings. The Labute approximate surface area is 113 Å². The minimum absolute atomic E-state index is 0.788. The molecule has 1 aromatic heterocycles. The first-order chi connectivity index (χ1) is 9.31. The van der Waals surface area contributed by atoms with Crippen LogP contribution in [-0.2, 0) is 19.5 Å². The largest absolute Gasteiger partial charge is 0.496 e. The predicted molar refractivity (Wildman–Crippen MR) is 74.3 cm³/mol. The van der Waals surface area contributed by atoms with Crippen molar-refractivity contribution < 1.29 is 4.74 Å². The molecule has 4 heteroatoms. The topological polar surface area (TPSA) is 38.2 Å². The zero-order valence-corrected chi connectivity index (χ0v) is 11.3. The Morgan fingerprint density at radius 2 is 1.84 bits per heavy atom. The highest BCUT2D eigenvalue weighted by Crippen LogP contribution is 2.31. The predicted octanol–water partition coefficient (Wildman–Crippen LogP) is 2.57. The first kappa shape index (κ1) is 12.0. The summed E-state index contributed by atoms with van der Waals surface area (Å²) in [6, 6.07) is 6.24. The lowest BCUT2D eigenvalue weighted by Crippen LogP contribution is -2.17. The van der Waals surface area contributed by atoms with E-state index in [0.717, 1.165) is 31.2 Å². The minimum atomic E-state index is 0.788. The number of aryl methyl sites for hydroxylation is 1. The lowest BCUT2D eigenvalue weighted by molar-refractivity contribution is 0.409. The zero-order valence-electron chi connectivity index (χ0n) is 11.3. The Bertz CT molecular complexity index is 550. The van der Waals surface area contributed by atoms with Gasteiger partial charge in [0.25, 0.3) is 0 Å². The monoisotopic (exact) mass is 255 g/mol. The molecule has 0 saturated carbocycles. The van der Waals surface area contributed by atoms with Gasteiger partial charge >= 0.3 is 0 Å². The molecule has 2 heterocycles. The molecule has 0 spiro atoms. The standard InChI is InChI=1S/C15H17N3O/c1-3-11-7-12-9-18(15-16-5-4-6-17-15)10-13(12)8-14(11)19-2/h4-8H,3,9-10H2,1-2H3. The summed E-state index contributed by atoms with van der Waals surface area (Å²) in [5.74, 6) is 1.77. The van der Waals surface area contributed by atoms with Crippen molar-refractivity contribution in [2.45, 2.75) is 26.4 Å². The first-order valence-corrected chi connectivity index (χ1v) is 6.52. The summed E-state index contributed by atoms with van der Waals surface area (Å²) in [5.41, 5.74) is 3.92. The van der Waals surface area contributed by atoms with Crippen LogP contribution in [0.25, 0.3) is 0 Å². The van der Waals surface area contributed by atoms with Gasteiger partial charge in [0.15, 0.2) is 0 Å². The van der Waals surface area contributed by atoms with Crippen molar-refractivity contribution in [3.8, 4) is 5.75 Å². The summed E-state index contributed by atoms with van der Waals surface area (Å²) in [6.07, 6.45) is 4.55. The SMILES string of the molecule is CCc1cc2c(cc1OC)CN(c1ncccn1)C2. The fourth-order valence-corrected chi connectivity index (χ4v) is 2.54. The highest BCUT2D eigenvalue weighted by atomic mass is 16.5. The molecule has 4 nitrogen and oxygen atoms in total. The van der Waals surface area contributed by atoms with Gasteiger partial charge in [0, 0.05) is 25.5 Å². The molecular formula is C15H17N3O. The van der Waals surface area contributed by atoms with Crippen molar-refractivity contribution in [1.29, 1.82) is 0 Å².